The summed E-state index contributed by atoms with van der Waals surface area (Å²) < 4.78 is 14.3. The molecule has 1 amide bonds. The summed E-state index contributed by atoms with van der Waals surface area (Å²) in [5.41, 5.74) is 0.973. The second-order valence-electron chi connectivity index (χ2n) is 6.26. The van der Waals surface area contributed by atoms with Crippen molar-refractivity contribution in [2.75, 3.05) is 0 Å². The fourth-order valence-corrected chi connectivity index (χ4v) is 2.74. The molecule has 0 aliphatic heterocycles. The van der Waals surface area contributed by atoms with Crippen molar-refractivity contribution in [1.29, 1.82) is 0 Å². The average Bonchev–Trinajstić information content (AvgIpc) is 2.70. The van der Waals surface area contributed by atoms with Crippen LogP contribution in [0.1, 0.15) is 27.7 Å². The number of hydrogen-bond acceptors (Lipinski definition) is 4. The Balaban J connectivity index is 1.95. The summed E-state index contributed by atoms with van der Waals surface area (Å²) in [4.78, 5) is 42.3. The third-order valence-electron chi connectivity index (χ3n) is 4.16. The van der Waals surface area contributed by atoms with Crippen LogP contribution in [0.5, 0.6) is 0 Å². The van der Waals surface area contributed by atoms with Crippen molar-refractivity contribution in [3.05, 3.63) is 100.0 Å². The quantitative estimate of drug-likeness (QED) is 0.527. The topological polar surface area (TPSA) is 81.1 Å². The van der Waals surface area contributed by atoms with Crippen molar-refractivity contribution >= 4 is 11.7 Å². The van der Waals surface area contributed by atoms with Gasteiger partial charge < -0.3 is 5.32 Å². The minimum Gasteiger partial charge on any atom is -0.348 e. The summed E-state index contributed by atoms with van der Waals surface area (Å²) in [6.45, 7) is 1.86. The number of halogens is 1. The molecule has 0 spiro atoms. The first-order valence-corrected chi connectivity index (χ1v) is 8.62. The molecule has 1 N–H and O–H groups in total. The molecule has 7 heteroatoms. The minimum atomic E-state index is -1.42. The van der Waals surface area contributed by atoms with Crippen LogP contribution in [0.4, 0.5) is 4.39 Å². The standard InChI is InChI=1S/C21H18FN3O3/c1-14-5-10-18(26)25(13-14)19(20(27)15-6-8-16(22)9-7-15)21(28)24-12-17-4-2-3-11-23-17/h2-11,13,19H,12H2,1H3,(H,24,28)/t19-/m1/s1. The fourth-order valence-electron chi connectivity index (χ4n) is 2.74. The normalized spacial score (nSPS) is 11.6. The number of hydrogen-bond donors (Lipinski definition) is 1. The molecule has 0 aliphatic carbocycles. The van der Waals surface area contributed by atoms with E-state index < -0.39 is 29.1 Å². The van der Waals surface area contributed by atoms with Crippen LogP contribution in [0.25, 0.3) is 0 Å². The Labute approximate surface area is 160 Å². The molecule has 0 unspecified atom stereocenters. The summed E-state index contributed by atoms with van der Waals surface area (Å²) in [6.07, 6.45) is 3.04. The lowest BCUT2D eigenvalue weighted by molar-refractivity contribution is -0.123. The van der Waals surface area contributed by atoms with Gasteiger partial charge in [-0.3, -0.25) is 23.9 Å². The average molecular weight is 379 g/mol. The van der Waals surface area contributed by atoms with Gasteiger partial charge in [0.1, 0.15) is 5.82 Å². The van der Waals surface area contributed by atoms with Crippen LogP contribution < -0.4 is 10.9 Å². The van der Waals surface area contributed by atoms with Crippen molar-refractivity contribution in [2.45, 2.75) is 19.5 Å². The number of aromatic nitrogens is 2. The Hall–Kier alpha value is -3.61. The molecule has 0 aliphatic rings. The molecule has 1 aromatic carbocycles. The zero-order valence-corrected chi connectivity index (χ0v) is 15.1. The Kier molecular flexibility index (Phi) is 5.74. The van der Waals surface area contributed by atoms with E-state index in [0.717, 1.165) is 16.7 Å². The highest BCUT2D eigenvalue weighted by molar-refractivity contribution is 6.11. The van der Waals surface area contributed by atoms with Gasteiger partial charge >= 0.3 is 0 Å². The lowest BCUT2D eigenvalue weighted by atomic mass is 10.0. The van der Waals surface area contributed by atoms with E-state index in [9.17, 15) is 18.8 Å². The maximum absolute atomic E-state index is 13.2. The molecule has 28 heavy (non-hydrogen) atoms. The molecule has 0 fully saturated rings. The molecule has 0 saturated heterocycles. The van der Waals surface area contributed by atoms with Gasteiger partial charge in [-0.05, 0) is 48.9 Å². The second-order valence-corrected chi connectivity index (χ2v) is 6.26. The van der Waals surface area contributed by atoms with E-state index in [4.69, 9.17) is 0 Å². The maximum Gasteiger partial charge on any atom is 0.251 e. The third-order valence-corrected chi connectivity index (χ3v) is 4.16. The van der Waals surface area contributed by atoms with Crippen LogP contribution >= 0.6 is 0 Å². The first-order chi connectivity index (χ1) is 13.5. The number of nitrogens with zero attached hydrogens (tertiary/aromatic N) is 2. The summed E-state index contributed by atoms with van der Waals surface area (Å²) in [5, 5.41) is 2.65. The number of carbonyl (C=O) groups excluding carboxylic acids is 2. The largest absolute Gasteiger partial charge is 0.348 e. The van der Waals surface area contributed by atoms with Crippen LogP contribution in [0.2, 0.25) is 0 Å². The van der Waals surface area contributed by atoms with Crippen LogP contribution in [-0.4, -0.2) is 21.2 Å². The number of Topliss-reactive ketones (excluding diaryl/α,β-unsaturated/α-hetero) is 1. The summed E-state index contributed by atoms with van der Waals surface area (Å²) >= 11 is 0. The molecule has 142 valence electrons. The number of benzene rings is 1. The fraction of sp³-hybridized carbons (Fsp3) is 0.143. The molecule has 3 aromatic rings. The molecule has 0 bridgehead atoms. The maximum atomic E-state index is 13.2. The van der Waals surface area contributed by atoms with Gasteiger partial charge in [0.25, 0.3) is 11.5 Å². The third kappa shape index (κ3) is 4.37. The highest BCUT2D eigenvalue weighted by Crippen LogP contribution is 2.15. The number of carbonyl (C=O) groups is 2. The number of aryl methyl sites for hydroxylation is 1. The molecule has 2 heterocycles. The molecule has 2 aromatic heterocycles. The van der Waals surface area contributed by atoms with Crippen molar-refractivity contribution in [3.8, 4) is 0 Å². The van der Waals surface area contributed by atoms with Gasteiger partial charge in [0.15, 0.2) is 11.8 Å². The van der Waals surface area contributed by atoms with E-state index in [-0.39, 0.29) is 12.1 Å². The summed E-state index contributed by atoms with van der Waals surface area (Å²) in [6, 6.07) is 11.6. The first-order valence-electron chi connectivity index (χ1n) is 8.62. The highest BCUT2D eigenvalue weighted by atomic mass is 19.1. The van der Waals surface area contributed by atoms with E-state index >= 15 is 0 Å². The van der Waals surface area contributed by atoms with Gasteiger partial charge in [0.05, 0.1) is 12.2 Å². The monoisotopic (exact) mass is 379 g/mol. The smallest absolute Gasteiger partial charge is 0.251 e. The molecule has 0 saturated carbocycles. The molecule has 1 atom stereocenters. The van der Waals surface area contributed by atoms with E-state index in [1.165, 1.54) is 24.4 Å². The predicted molar refractivity (Wildman–Crippen MR) is 101 cm³/mol. The lowest BCUT2D eigenvalue weighted by Gasteiger charge is -2.19. The van der Waals surface area contributed by atoms with Crippen molar-refractivity contribution < 1.29 is 14.0 Å². The van der Waals surface area contributed by atoms with Crippen LogP contribution in [0, 0.1) is 12.7 Å². The van der Waals surface area contributed by atoms with E-state index in [1.807, 2.05) is 0 Å². The van der Waals surface area contributed by atoms with E-state index in [0.29, 0.717) is 11.3 Å². The minimum absolute atomic E-state index is 0.105. The molecule has 6 nitrogen and oxygen atoms in total. The zero-order chi connectivity index (χ0) is 20.1. The zero-order valence-electron chi connectivity index (χ0n) is 15.1. The highest BCUT2D eigenvalue weighted by Gasteiger charge is 2.30. The molecule has 3 rings (SSSR count). The number of amides is 1. The Morgan fingerprint density at radius 1 is 1.11 bits per heavy atom. The van der Waals surface area contributed by atoms with Gasteiger partial charge in [0.2, 0.25) is 0 Å². The lowest BCUT2D eigenvalue weighted by Crippen LogP contribution is -2.41. The Bertz CT molecular complexity index is 1050. The van der Waals surface area contributed by atoms with Gasteiger partial charge in [-0.15, -0.1) is 0 Å². The van der Waals surface area contributed by atoms with Crippen molar-refractivity contribution in [3.63, 3.8) is 0 Å². The molecular formula is C21H18FN3O3. The summed E-state index contributed by atoms with van der Waals surface area (Å²) in [5.74, 6) is -1.75. The first kappa shape index (κ1) is 19.2. The molecular weight excluding hydrogens is 361 g/mol. The Morgan fingerprint density at radius 3 is 2.54 bits per heavy atom. The number of ketones is 1. The van der Waals surface area contributed by atoms with Gasteiger partial charge in [-0.2, -0.15) is 0 Å². The van der Waals surface area contributed by atoms with Gasteiger partial charge in [0, 0.05) is 24.0 Å². The van der Waals surface area contributed by atoms with E-state index in [1.54, 1.807) is 37.4 Å². The predicted octanol–water partition coefficient (Wildman–Crippen LogP) is 2.43. The number of pyridine rings is 2. The number of rotatable bonds is 6. The summed E-state index contributed by atoms with van der Waals surface area (Å²) in [7, 11) is 0. The van der Waals surface area contributed by atoms with Crippen LogP contribution in [0.3, 0.4) is 0 Å². The SMILES string of the molecule is Cc1ccc(=O)n([C@@H](C(=O)NCc2ccccn2)C(=O)c2ccc(F)cc2)c1. The molecule has 0 radical (unpaired) electrons. The number of nitrogens with one attached hydrogen (secondary N) is 1. The van der Waals surface area contributed by atoms with Crippen LogP contribution in [0.15, 0.2) is 71.8 Å². The Morgan fingerprint density at radius 2 is 1.86 bits per heavy atom. The van der Waals surface area contributed by atoms with Crippen molar-refractivity contribution in [1.82, 2.24) is 14.9 Å². The van der Waals surface area contributed by atoms with Gasteiger partial charge in [-0.25, -0.2) is 4.39 Å². The van der Waals surface area contributed by atoms with Crippen molar-refractivity contribution in [2.24, 2.45) is 0 Å². The van der Waals surface area contributed by atoms with E-state index in [2.05, 4.69) is 10.3 Å². The van der Waals surface area contributed by atoms with Gasteiger partial charge in [-0.1, -0.05) is 12.1 Å². The second kappa shape index (κ2) is 8.39. The van der Waals surface area contributed by atoms with Crippen LogP contribution in [-0.2, 0) is 11.3 Å².